The lowest BCUT2D eigenvalue weighted by atomic mass is 10.0. The SMILES string of the molecule is C[C@@H](NCC(=O)Nc1ccccc1-c1ccccc1)c1ccc(F)c(F)c1. The largest absolute Gasteiger partial charge is 0.324 e. The number of hydrogen-bond acceptors (Lipinski definition) is 2. The molecule has 3 nitrogen and oxygen atoms in total. The second kappa shape index (κ2) is 8.56. The van der Waals surface area contributed by atoms with Crippen LogP contribution in [-0.2, 0) is 4.79 Å². The van der Waals surface area contributed by atoms with Crippen molar-refractivity contribution in [1.82, 2.24) is 5.32 Å². The van der Waals surface area contributed by atoms with E-state index in [1.54, 1.807) is 6.92 Å². The van der Waals surface area contributed by atoms with Crippen molar-refractivity contribution >= 4 is 11.6 Å². The first kappa shape index (κ1) is 18.7. The molecule has 0 unspecified atom stereocenters. The molecule has 0 saturated heterocycles. The van der Waals surface area contributed by atoms with Crippen molar-refractivity contribution in [2.75, 3.05) is 11.9 Å². The molecule has 3 rings (SSSR count). The molecule has 5 heteroatoms. The average Bonchev–Trinajstić information content (AvgIpc) is 2.69. The number of anilines is 1. The monoisotopic (exact) mass is 366 g/mol. The van der Waals surface area contributed by atoms with E-state index in [0.717, 1.165) is 28.9 Å². The molecule has 2 N–H and O–H groups in total. The van der Waals surface area contributed by atoms with Crippen molar-refractivity contribution in [2.45, 2.75) is 13.0 Å². The molecule has 0 fully saturated rings. The third-order valence-electron chi connectivity index (χ3n) is 4.30. The number of nitrogens with one attached hydrogen (secondary N) is 2. The smallest absolute Gasteiger partial charge is 0.238 e. The Morgan fingerprint density at radius 1 is 0.926 bits per heavy atom. The first-order valence-electron chi connectivity index (χ1n) is 8.67. The van der Waals surface area contributed by atoms with Gasteiger partial charge in [-0.05, 0) is 36.2 Å². The Morgan fingerprint density at radius 3 is 2.37 bits per heavy atom. The van der Waals surface area contributed by atoms with Gasteiger partial charge in [-0.25, -0.2) is 8.78 Å². The summed E-state index contributed by atoms with van der Waals surface area (Å²) in [4.78, 5) is 12.3. The highest BCUT2D eigenvalue weighted by Crippen LogP contribution is 2.27. The highest BCUT2D eigenvalue weighted by atomic mass is 19.2. The molecule has 0 saturated carbocycles. The van der Waals surface area contributed by atoms with E-state index < -0.39 is 11.6 Å². The van der Waals surface area contributed by atoms with Gasteiger partial charge in [0.1, 0.15) is 0 Å². The van der Waals surface area contributed by atoms with Crippen molar-refractivity contribution in [2.24, 2.45) is 0 Å². The van der Waals surface area contributed by atoms with Crippen molar-refractivity contribution < 1.29 is 13.6 Å². The zero-order chi connectivity index (χ0) is 19.2. The van der Waals surface area contributed by atoms with Gasteiger partial charge in [0.05, 0.1) is 6.54 Å². The normalized spacial score (nSPS) is 11.8. The lowest BCUT2D eigenvalue weighted by Gasteiger charge is -2.15. The number of benzene rings is 3. The molecule has 0 spiro atoms. The molecule has 27 heavy (non-hydrogen) atoms. The minimum absolute atomic E-state index is 0.0449. The molecule has 0 aliphatic carbocycles. The van der Waals surface area contributed by atoms with Crippen LogP contribution in [0, 0.1) is 11.6 Å². The number of halogens is 2. The number of hydrogen-bond donors (Lipinski definition) is 2. The zero-order valence-corrected chi connectivity index (χ0v) is 14.9. The maximum absolute atomic E-state index is 13.3. The summed E-state index contributed by atoms with van der Waals surface area (Å²) < 4.78 is 26.4. The van der Waals surface area contributed by atoms with Gasteiger partial charge >= 0.3 is 0 Å². The first-order chi connectivity index (χ1) is 13.0. The standard InChI is InChI=1S/C22H20F2N2O/c1-15(17-11-12-19(23)20(24)13-17)25-14-22(27)26-21-10-6-5-9-18(21)16-7-3-2-4-8-16/h2-13,15,25H,14H2,1H3,(H,26,27)/t15-/m1/s1. The lowest BCUT2D eigenvalue weighted by molar-refractivity contribution is -0.115. The van der Waals surface area contributed by atoms with Crippen LogP contribution in [0.4, 0.5) is 14.5 Å². The highest BCUT2D eigenvalue weighted by molar-refractivity contribution is 5.96. The van der Waals surface area contributed by atoms with Crippen LogP contribution in [0.5, 0.6) is 0 Å². The van der Waals surface area contributed by atoms with Gasteiger partial charge < -0.3 is 10.6 Å². The van der Waals surface area contributed by atoms with Gasteiger partial charge in [0.15, 0.2) is 11.6 Å². The van der Waals surface area contributed by atoms with E-state index in [1.165, 1.54) is 6.07 Å². The number of carbonyl (C=O) groups is 1. The van der Waals surface area contributed by atoms with Gasteiger partial charge in [0.2, 0.25) is 5.91 Å². The fraction of sp³-hybridized carbons (Fsp3) is 0.136. The number of carbonyl (C=O) groups excluding carboxylic acids is 1. The summed E-state index contributed by atoms with van der Waals surface area (Å²) >= 11 is 0. The quantitative estimate of drug-likeness (QED) is 0.650. The van der Waals surface area contributed by atoms with Gasteiger partial charge in [0.25, 0.3) is 0 Å². The van der Waals surface area contributed by atoms with E-state index >= 15 is 0 Å². The molecule has 138 valence electrons. The van der Waals surface area contributed by atoms with E-state index in [-0.39, 0.29) is 18.5 Å². The molecule has 1 amide bonds. The minimum Gasteiger partial charge on any atom is -0.324 e. The van der Waals surface area contributed by atoms with E-state index in [4.69, 9.17) is 0 Å². The fourth-order valence-electron chi connectivity index (χ4n) is 2.80. The molecule has 3 aromatic carbocycles. The molecule has 1 atom stereocenters. The van der Waals surface area contributed by atoms with Crippen LogP contribution < -0.4 is 10.6 Å². The Hall–Kier alpha value is -3.05. The van der Waals surface area contributed by atoms with Crippen LogP contribution in [0.15, 0.2) is 72.8 Å². The van der Waals surface area contributed by atoms with Crippen molar-refractivity contribution in [3.8, 4) is 11.1 Å². The Balaban J connectivity index is 1.64. The molecule has 0 bridgehead atoms. The Bertz CT molecular complexity index is 929. The molecule has 0 heterocycles. The number of amides is 1. The predicted octanol–water partition coefficient (Wildman–Crippen LogP) is 4.92. The van der Waals surface area contributed by atoms with Crippen LogP contribution in [0.2, 0.25) is 0 Å². The lowest BCUT2D eigenvalue weighted by Crippen LogP contribution is -2.30. The second-order valence-electron chi connectivity index (χ2n) is 6.24. The van der Waals surface area contributed by atoms with Crippen molar-refractivity contribution in [3.63, 3.8) is 0 Å². The molecular weight excluding hydrogens is 346 g/mol. The minimum atomic E-state index is -0.901. The fourth-order valence-corrected chi connectivity index (χ4v) is 2.80. The van der Waals surface area contributed by atoms with E-state index in [2.05, 4.69) is 10.6 Å². The Labute approximate surface area is 157 Å². The van der Waals surface area contributed by atoms with Crippen molar-refractivity contribution in [3.05, 3.63) is 90.0 Å². The molecular formula is C22H20F2N2O. The zero-order valence-electron chi connectivity index (χ0n) is 14.9. The summed E-state index contributed by atoms with van der Waals surface area (Å²) in [5.41, 5.74) is 3.24. The van der Waals surface area contributed by atoms with Crippen molar-refractivity contribution in [1.29, 1.82) is 0 Å². The molecule has 0 aliphatic rings. The van der Waals surface area contributed by atoms with Gasteiger partial charge in [-0.2, -0.15) is 0 Å². The summed E-state index contributed by atoms with van der Waals surface area (Å²) in [5, 5.41) is 5.92. The van der Waals surface area contributed by atoms with Crippen LogP contribution in [-0.4, -0.2) is 12.5 Å². The number of para-hydroxylation sites is 1. The van der Waals surface area contributed by atoms with Crippen LogP contribution >= 0.6 is 0 Å². The molecule has 3 aromatic rings. The van der Waals surface area contributed by atoms with Crippen LogP contribution in [0.1, 0.15) is 18.5 Å². The highest BCUT2D eigenvalue weighted by Gasteiger charge is 2.12. The van der Waals surface area contributed by atoms with Gasteiger partial charge in [-0.15, -0.1) is 0 Å². The summed E-state index contributed by atoms with van der Waals surface area (Å²) in [6, 6.07) is 20.8. The Kier molecular flexibility index (Phi) is 5.94. The number of rotatable bonds is 6. The van der Waals surface area contributed by atoms with Gasteiger partial charge in [-0.3, -0.25) is 4.79 Å². The van der Waals surface area contributed by atoms with Crippen LogP contribution in [0.3, 0.4) is 0 Å². The molecule has 0 aromatic heterocycles. The van der Waals surface area contributed by atoms with Gasteiger partial charge in [-0.1, -0.05) is 54.6 Å². The van der Waals surface area contributed by atoms with E-state index in [1.807, 2.05) is 54.6 Å². The Morgan fingerprint density at radius 2 is 1.63 bits per heavy atom. The van der Waals surface area contributed by atoms with E-state index in [0.29, 0.717) is 5.56 Å². The third-order valence-corrected chi connectivity index (χ3v) is 4.30. The average molecular weight is 366 g/mol. The summed E-state index contributed by atoms with van der Waals surface area (Å²) in [6.07, 6.45) is 0. The topological polar surface area (TPSA) is 41.1 Å². The summed E-state index contributed by atoms with van der Waals surface area (Å²) in [7, 11) is 0. The second-order valence-corrected chi connectivity index (χ2v) is 6.24. The van der Waals surface area contributed by atoms with Crippen LogP contribution in [0.25, 0.3) is 11.1 Å². The maximum atomic E-state index is 13.3. The predicted molar refractivity (Wildman–Crippen MR) is 103 cm³/mol. The molecule has 0 aliphatic heterocycles. The maximum Gasteiger partial charge on any atom is 0.238 e. The third kappa shape index (κ3) is 4.77. The summed E-state index contributed by atoms with van der Waals surface area (Å²) in [5.74, 6) is -2.00. The summed E-state index contributed by atoms with van der Waals surface area (Å²) in [6.45, 7) is 1.83. The van der Waals surface area contributed by atoms with Gasteiger partial charge in [0, 0.05) is 17.3 Å². The van der Waals surface area contributed by atoms with E-state index in [9.17, 15) is 13.6 Å². The molecule has 0 radical (unpaired) electrons. The first-order valence-corrected chi connectivity index (χ1v) is 8.67.